The number of carbonyl (C=O) groups excluding carboxylic acids is 2. The highest BCUT2D eigenvalue weighted by Crippen LogP contribution is 2.21. The third kappa shape index (κ3) is 4.88. The van der Waals surface area contributed by atoms with Gasteiger partial charge in [-0.2, -0.15) is 0 Å². The van der Waals surface area contributed by atoms with Gasteiger partial charge in [-0.05, 0) is 29.5 Å². The van der Waals surface area contributed by atoms with E-state index in [9.17, 15) is 9.59 Å². The van der Waals surface area contributed by atoms with Crippen LogP contribution in [0.5, 0.6) is 0 Å². The second-order valence-electron chi connectivity index (χ2n) is 6.90. The number of hydrogen-bond donors (Lipinski definition) is 1. The van der Waals surface area contributed by atoms with Gasteiger partial charge in [-0.25, -0.2) is 0 Å². The van der Waals surface area contributed by atoms with E-state index in [-0.39, 0.29) is 17.2 Å². The molecule has 1 saturated heterocycles. The summed E-state index contributed by atoms with van der Waals surface area (Å²) in [5.74, 6) is 0.245. The van der Waals surface area contributed by atoms with Crippen molar-refractivity contribution < 1.29 is 9.59 Å². The summed E-state index contributed by atoms with van der Waals surface area (Å²) in [6, 6.07) is 7.75. The fraction of sp³-hybridized carbons (Fsp3) is 0.529. The molecule has 0 aliphatic carbocycles. The third-order valence-corrected chi connectivity index (χ3v) is 3.45. The fourth-order valence-corrected chi connectivity index (χ4v) is 2.53. The van der Waals surface area contributed by atoms with E-state index in [2.05, 4.69) is 5.32 Å². The molecule has 1 aliphatic rings. The minimum absolute atomic E-state index is 0.0241. The van der Waals surface area contributed by atoms with Crippen LogP contribution in [0.3, 0.4) is 0 Å². The van der Waals surface area contributed by atoms with Gasteiger partial charge in [0.1, 0.15) is 0 Å². The Morgan fingerprint density at radius 1 is 1.33 bits per heavy atom. The molecule has 0 spiro atoms. The topological polar surface area (TPSA) is 49.4 Å². The average molecular weight is 288 g/mol. The maximum absolute atomic E-state index is 12.0. The molecule has 2 rings (SSSR count). The second kappa shape index (κ2) is 6.29. The Labute approximate surface area is 126 Å². The summed E-state index contributed by atoms with van der Waals surface area (Å²) >= 11 is 0. The van der Waals surface area contributed by atoms with Crippen LogP contribution in [0.15, 0.2) is 24.3 Å². The van der Waals surface area contributed by atoms with Crippen LogP contribution in [0.2, 0.25) is 0 Å². The third-order valence-electron chi connectivity index (χ3n) is 3.45. The fourth-order valence-electron chi connectivity index (χ4n) is 2.53. The van der Waals surface area contributed by atoms with Gasteiger partial charge in [0.25, 0.3) is 0 Å². The lowest BCUT2D eigenvalue weighted by atomic mass is 9.92. The maximum Gasteiger partial charge on any atom is 0.224 e. The number of rotatable bonds is 4. The van der Waals surface area contributed by atoms with Gasteiger partial charge in [-0.3, -0.25) is 9.59 Å². The van der Waals surface area contributed by atoms with Crippen LogP contribution in [0.25, 0.3) is 0 Å². The van der Waals surface area contributed by atoms with E-state index in [4.69, 9.17) is 0 Å². The predicted molar refractivity (Wildman–Crippen MR) is 83.8 cm³/mol. The van der Waals surface area contributed by atoms with Crippen molar-refractivity contribution in [3.63, 3.8) is 0 Å². The Balaban J connectivity index is 1.97. The zero-order valence-corrected chi connectivity index (χ0v) is 13.1. The first kappa shape index (κ1) is 15.5. The largest absolute Gasteiger partial charge is 0.338 e. The zero-order valence-electron chi connectivity index (χ0n) is 13.1. The predicted octanol–water partition coefficient (Wildman–Crippen LogP) is 3.18. The van der Waals surface area contributed by atoms with E-state index in [0.29, 0.717) is 19.4 Å². The molecule has 4 heteroatoms. The highest BCUT2D eigenvalue weighted by molar-refractivity contribution is 5.91. The molecule has 1 heterocycles. The van der Waals surface area contributed by atoms with Crippen molar-refractivity contribution in [2.75, 3.05) is 11.9 Å². The molecule has 1 fully saturated rings. The summed E-state index contributed by atoms with van der Waals surface area (Å²) < 4.78 is 0. The first-order valence-electron chi connectivity index (χ1n) is 7.50. The Bertz CT molecular complexity index is 532. The highest BCUT2D eigenvalue weighted by atomic mass is 16.2. The number of amides is 2. The molecule has 1 aliphatic heterocycles. The summed E-state index contributed by atoms with van der Waals surface area (Å²) in [4.78, 5) is 25.5. The Morgan fingerprint density at radius 2 is 2.10 bits per heavy atom. The molecule has 1 aromatic rings. The van der Waals surface area contributed by atoms with Gasteiger partial charge in [0, 0.05) is 31.6 Å². The standard InChI is InChI=1S/C17H24N2O2/c1-17(2,3)11-15(20)18-14-7-4-6-13(10-14)12-19-9-5-8-16(19)21/h4,6-7,10H,5,8-9,11-12H2,1-3H3,(H,18,20). The SMILES string of the molecule is CC(C)(C)CC(=O)Nc1cccc(CN2CCCC2=O)c1. The summed E-state index contributed by atoms with van der Waals surface area (Å²) in [5, 5.41) is 2.93. The van der Waals surface area contributed by atoms with E-state index < -0.39 is 0 Å². The summed E-state index contributed by atoms with van der Waals surface area (Å²) in [6.07, 6.45) is 2.09. The van der Waals surface area contributed by atoms with Crippen molar-refractivity contribution in [2.24, 2.45) is 5.41 Å². The molecule has 1 N–H and O–H groups in total. The zero-order chi connectivity index (χ0) is 15.5. The Kier molecular flexibility index (Phi) is 4.66. The van der Waals surface area contributed by atoms with Gasteiger partial charge in [-0.15, -0.1) is 0 Å². The minimum Gasteiger partial charge on any atom is -0.338 e. The molecule has 21 heavy (non-hydrogen) atoms. The lowest BCUT2D eigenvalue weighted by molar-refractivity contribution is -0.128. The molecule has 0 aromatic heterocycles. The monoisotopic (exact) mass is 288 g/mol. The molecule has 1 aromatic carbocycles. The number of benzene rings is 1. The van der Waals surface area contributed by atoms with Gasteiger partial charge in [0.2, 0.25) is 11.8 Å². The van der Waals surface area contributed by atoms with Crippen LogP contribution in [-0.2, 0) is 16.1 Å². The van der Waals surface area contributed by atoms with Gasteiger partial charge < -0.3 is 10.2 Å². The molecule has 0 radical (unpaired) electrons. The summed E-state index contributed by atoms with van der Waals surface area (Å²) in [5.41, 5.74) is 1.83. The van der Waals surface area contributed by atoms with E-state index in [0.717, 1.165) is 24.2 Å². The number of anilines is 1. The molecular weight excluding hydrogens is 264 g/mol. The van der Waals surface area contributed by atoms with Gasteiger partial charge in [0.15, 0.2) is 0 Å². The van der Waals surface area contributed by atoms with Crippen molar-refractivity contribution in [2.45, 2.75) is 46.6 Å². The molecular formula is C17H24N2O2. The summed E-state index contributed by atoms with van der Waals surface area (Å²) in [7, 11) is 0. The first-order chi connectivity index (χ1) is 9.83. The van der Waals surface area contributed by atoms with E-state index in [1.54, 1.807) is 0 Å². The number of likely N-dealkylation sites (tertiary alicyclic amines) is 1. The van der Waals surface area contributed by atoms with Crippen LogP contribution in [0.1, 0.15) is 45.6 Å². The van der Waals surface area contributed by atoms with Gasteiger partial charge >= 0.3 is 0 Å². The molecule has 0 bridgehead atoms. The minimum atomic E-state index is -0.0241. The van der Waals surface area contributed by atoms with Crippen molar-refractivity contribution in [3.05, 3.63) is 29.8 Å². The van der Waals surface area contributed by atoms with E-state index in [1.807, 2.05) is 49.9 Å². The van der Waals surface area contributed by atoms with Crippen LogP contribution >= 0.6 is 0 Å². The van der Waals surface area contributed by atoms with Crippen LogP contribution in [-0.4, -0.2) is 23.3 Å². The lowest BCUT2D eigenvalue weighted by Crippen LogP contribution is -2.24. The van der Waals surface area contributed by atoms with Crippen LogP contribution in [0, 0.1) is 5.41 Å². The van der Waals surface area contributed by atoms with Gasteiger partial charge in [-0.1, -0.05) is 32.9 Å². The average Bonchev–Trinajstić information content (AvgIpc) is 2.73. The van der Waals surface area contributed by atoms with Crippen LogP contribution < -0.4 is 5.32 Å². The number of nitrogens with zero attached hydrogens (tertiary/aromatic N) is 1. The van der Waals surface area contributed by atoms with Crippen LogP contribution in [0.4, 0.5) is 5.69 Å². The second-order valence-corrected chi connectivity index (χ2v) is 6.90. The Morgan fingerprint density at radius 3 is 2.71 bits per heavy atom. The maximum atomic E-state index is 12.0. The smallest absolute Gasteiger partial charge is 0.224 e. The van der Waals surface area contributed by atoms with Gasteiger partial charge in [0.05, 0.1) is 0 Å². The number of hydrogen-bond acceptors (Lipinski definition) is 2. The molecule has 0 atom stereocenters. The van der Waals surface area contributed by atoms with E-state index >= 15 is 0 Å². The lowest BCUT2D eigenvalue weighted by Gasteiger charge is -2.18. The van der Waals surface area contributed by atoms with Crippen molar-refractivity contribution >= 4 is 17.5 Å². The van der Waals surface area contributed by atoms with Crippen molar-refractivity contribution in [1.29, 1.82) is 0 Å². The summed E-state index contributed by atoms with van der Waals surface area (Å²) in [6.45, 7) is 7.59. The number of nitrogens with one attached hydrogen (secondary N) is 1. The first-order valence-corrected chi connectivity index (χ1v) is 7.50. The molecule has 4 nitrogen and oxygen atoms in total. The quantitative estimate of drug-likeness (QED) is 0.925. The molecule has 2 amide bonds. The Hall–Kier alpha value is -1.84. The highest BCUT2D eigenvalue weighted by Gasteiger charge is 2.20. The van der Waals surface area contributed by atoms with Crippen molar-refractivity contribution in [3.8, 4) is 0 Å². The van der Waals surface area contributed by atoms with Crippen molar-refractivity contribution in [1.82, 2.24) is 4.90 Å². The number of carbonyl (C=O) groups is 2. The molecule has 0 saturated carbocycles. The van der Waals surface area contributed by atoms with E-state index in [1.165, 1.54) is 0 Å². The normalized spacial score (nSPS) is 15.4. The molecule has 0 unspecified atom stereocenters. The molecule has 114 valence electrons.